The lowest BCUT2D eigenvalue weighted by Gasteiger charge is -2.28. The summed E-state index contributed by atoms with van der Waals surface area (Å²) in [6.07, 6.45) is 3.96. The molecule has 0 atom stereocenters. The molecule has 0 spiro atoms. The van der Waals surface area contributed by atoms with Gasteiger partial charge in [-0.1, -0.05) is 0 Å². The van der Waals surface area contributed by atoms with Crippen molar-refractivity contribution in [2.24, 2.45) is 12.8 Å². The average molecular weight is 244 g/mol. The van der Waals surface area contributed by atoms with Gasteiger partial charge in [-0.25, -0.2) is 4.98 Å². The highest BCUT2D eigenvalue weighted by molar-refractivity contribution is 5.80. The number of aryl methyl sites for hydroxylation is 1. The smallest absolute Gasteiger partial charge is 0.123 e. The van der Waals surface area contributed by atoms with E-state index in [1.54, 1.807) is 0 Å². The van der Waals surface area contributed by atoms with Crippen LogP contribution in [0.2, 0.25) is 0 Å². The highest BCUT2D eigenvalue weighted by Crippen LogP contribution is 2.24. The van der Waals surface area contributed by atoms with Crippen LogP contribution in [0.15, 0.2) is 18.2 Å². The minimum atomic E-state index is 0.490. The summed E-state index contributed by atoms with van der Waals surface area (Å²) in [7, 11) is 2.03. The molecule has 18 heavy (non-hydrogen) atoms. The monoisotopic (exact) mass is 244 g/mol. The number of nitrogens with two attached hydrogens (primary N) is 1. The van der Waals surface area contributed by atoms with Crippen molar-refractivity contribution in [1.82, 2.24) is 9.55 Å². The van der Waals surface area contributed by atoms with E-state index in [1.807, 2.05) is 7.05 Å². The molecule has 4 heteroatoms. The van der Waals surface area contributed by atoms with Crippen molar-refractivity contribution in [1.29, 1.82) is 0 Å². The van der Waals surface area contributed by atoms with Crippen molar-refractivity contribution in [2.75, 3.05) is 18.0 Å². The first-order chi connectivity index (χ1) is 8.79. The number of piperidine rings is 1. The Hall–Kier alpha value is -1.55. The second-order valence-electron chi connectivity index (χ2n) is 5.01. The largest absolute Gasteiger partial charge is 0.371 e. The lowest BCUT2D eigenvalue weighted by molar-refractivity contribution is 0.578. The molecule has 1 aromatic carbocycles. The summed E-state index contributed by atoms with van der Waals surface area (Å²) in [5.74, 6) is 0.945. The van der Waals surface area contributed by atoms with Gasteiger partial charge in [-0.05, 0) is 37.5 Å². The van der Waals surface area contributed by atoms with Crippen LogP contribution in [0.1, 0.15) is 25.1 Å². The third kappa shape index (κ3) is 1.86. The predicted octanol–water partition coefficient (Wildman–Crippen LogP) is 2.02. The van der Waals surface area contributed by atoms with Crippen LogP contribution in [0.5, 0.6) is 0 Å². The Balaban J connectivity index is 2.00. The van der Waals surface area contributed by atoms with E-state index in [9.17, 15) is 0 Å². The van der Waals surface area contributed by atoms with Crippen LogP contribution >= 0.6 is 0 Å². The van der Waals surface area contributed by atoms with Crippen molar-refractivity contribution in [2.45, 2.75) is 25.8 Å². The van der Waals surface area contributed by atoms with E-state index in [0.29, 0.717) is 6.54 Å². The maximum atomic E-state index is 5.70. The molecule has 1 aliphatic rings. The normalized spacial score (nSPS) is 16.4. The summed E-state index contributed by atoms with van der Waals surface area (Å²) in [5.41, 5.74) is 9.22. The fourth-order valence-corrected chi connectivity index (χ4v) is 2.77. The Kier molecular flexibility index (Phi) is 2.96. The summed E-state index contributed by atoms with van der Waals surface area (Å²) >= 11 is 0. The Morgan fingerprint density at radius 3 is 2.72 bits per heavy atom. The van der Waals surface area contributed by atoms with E-state index in [2.05, 4.69) is 32.7 Å². The van der Waals surface area contributed by atoms with Crippen molar-refractivity contribution in [3.63, 3.8) is 0 Å². The van der Waals surface area contributed by atoms with E-state index in [4.69, 9.17) is 5.73 Å². The number of hydrogen-bond donors (Lipinski definition) is 1. The lowest BCUT2D eigenvalue weighted by Crippen LogP contribution is -2.29. The molecule has 1 aromatic heterocycles. The first-order valence-corrected chi connectivity index (χ1v) is 6.70. The highest BCUT2D eigenvalue weighted by Gasteiger charge is 2.13. The maximum absolute atomic E-state index is 5.70. The van der Waals surface area contributed by atoms with Crippen LogP contribution in [0.4, 0.5) is 5.69 Å². The Bertz CT molecular complexity index is 552. The number of imidazole rings is 1. The number of nitrogens with zero attached hydrogens (tertiary/aromatic N) is 3. The van der Waals surface area contributed by atoms with E-state index < -0.39 is 0 Å². The Morgan fingerprint density at radius 1 is 1.22 bits per heavy atom. The van der Waals surface area contributed by atoms with Gasteiger partial charge < -0.3 is 15.2 Å². The quantitative estimate of drug-likeness (QED) is 0.879. The van der Waals surface area contributed by atoms with Gasteiger partial charge in [-0.15, -0.1) is 0 Å². The molecule has 0 saturated carbocycles. The van der Waals surface area contributed by atoms with Gasteiger partial charge in [-0.2, -0.15) is 0 Å². The average Bonchev–Trinajstić information content (AvgIpc) is 2.76. The molecule has 1 saturated heterocycles. The van der Waals surface area contributed by atoms with Crippen LogP contribution in [-0.2, 0) is 13.6 Å². The first-order valence-electron chi connectivity index (χ1n) is 6.70. The highest BCUT2D eigenvalue weighted by atomic mass is 15.1. The number of rotatable bonds is 2. The second-order valence-corrected chi connectivity index (χ2v) is 5.01. The Labute approximate surface area is 107 Å². The van der Waals surface area contributed by atoms with Crippen LogP contribution in [0.25, 0.3) is 11.0 Å². The van der Waals surface area contributed by atoms with Gasteiger partial charge in [0.25, 0.3) is 0 Å². The second kappa shape index (κ2) is 4.61. The summed E-state index contributed by atoms with van der Waals surface area (Å²) in [6.45, 7) is 2.83. The molecule has 0 radical (unpaired) electrons. The van der Waals surface area contributed by atoms with E-state index in [0.717, 1.165) is 16.9 Å². The third-order valence-corrected chi connectivity index (χ3v) is 3.86. The number of benzene rings is 1. The van der Waals surface area contributed by atoms with Gasteiger partial charge >= 0.3 is 0 Å². The van der Waals surface area contributed by atoms with Gasteiger partial charge in [0.05, 0.1) is 17.6 Å². The molecular weight excluding hydrogens is 224 g/mol. The van der Waals surface area contributed by atoms with E-state index in [1.165, 1.54) is 38.0 Å². The van der Waals surface area contributed by atoms with Crippen molar-refractivity contribution >= 4 is 16.7 Å². The fraction of sp³-hybridized carbons (Fsp3) is 0.500. The Morgan fingerprint density at radius 2 is 2.00 bits per heavy atom. The van der Waals surface area contributed by atoms with Crippen LogP contribution in [0, 0.1) is 0 Å². The summed E-state index contributed by atoms with van der Waals surface area (Å²) < 4.78 is 2.08. The summed E-state index contributed by atoms with van der Waals surface area (Å²) in [5, 5.41) is 0. The van der Waals surface area contributed by atoms with Crippen LogP contribution < -0.4 is 10.6 Å². The van der Waals surface area contributed by atoms with Gasteiger partial charge in [0.15, 0.2) is 0 Å². The number of fused-ring (bicyclic) bond motifs is 1. The standard InChI is InChI=1S/C14H20N4/c1-17-13-6-5-11(18-7-3-2-4-8-18)9-12(13)16-14(17)10-15/h5-6,9H,2-4,7-8,10,15H2,1H3. The minimum absolute atomic E-state index is 0.490. The SMILES string of the molecule is Cn1c(CN)nc2cc(N3CCCCC3)ccc21. The van der Waals surface area contributed by atoms with Gasteiger partial charge in [0, 0.05) is 25.8 Å². The molecule has 96 valence electrons. The maximum Gasteiger partial charge on any atom is 0.123 e. The molecule has 0 bridgehead atoms. The first kappa shape index (κ1) is 11.5. The molecular formula is C14H20N4. The lowest BCUT2D eigenvalue weighted by atomic mass is 10.1. The van der Waals surface area contributed by atoms with Crippen molar-refractivity contribution in [3.8, 4) is 0 Å². The van der Waals surface area contributed by atoms with Crippen molar-refractivity contribution in [3.05, 3.63) is 24.0 Å². The molecule has 3 rings (SSSR count). The van der Waals surface area contributed by atoms with Gasteiger partial charge in [-0.3, -0.25) is 0 Å². The summed E-state index contributed by atoms with van der Waals surface area (Å²) in [4.78, 5) is 7.06. The van der Waals surface area contributed by atoms with Crippen molar-refractivity contribution < 1.29 is 0 Å². The number of aromatic nitrogens is 2. The van der Waals surface area contributed by atoms with Crippen LogP contribution in [0.3, 0.4) is 0 Å². The third-order valence-electron chi connectivity index (χ3n) is 3.86. The molecule has 1 aliphatic heterocycles. The topological polar surface area (TPSA) is 47.1 Å². The minimum Gasteiger partial charge on any atom is -0.371 e. The zero-order valence-electron chi connectivity index (χ0n) is 10.9. The molecule has 2 heterocycles. The molecule has 0 amide bonds. The van der Waals surface area contributed by atoms with Gasteiger partial charge in [0.1, 0.15) is 5.82 Å². The molecule has 0 aliphatic carbocycles. The number of hydrogen-bond acceptors (Lipinski definition) is 3. The summed E-state index contributed by atoms with van der Waals surface area (Å²) in [6, 6.07) is 6.56. The molecule has 4 nitrogen and oxygen atoms in total. The molecule has 2 N–H and O–H groups in total. The fourth-order valence-electron chi connectivity index (χ4n) is 2.77. The van der Waals surface area contributed by atoms with Gasteiger partial charge in [0.2, 0.25) is 0 Å². The zero-order valence-corrected chi connectivity index (χ0v) is 10.9. The zero-order chi connectivity index (χ0) is 12.5. The van der Waals surface area contributed by atoms with Crippen LogP contribution in [-0.4, -0.2) is 22.6 Å². The van der Waals surface area contributed by atoms with E-state index >= 15 is 0 Å². The predicted molar refractivity (Wildman–Crippen MR) is 74.7 cm³/mol. The molecule has 0 unspecified atom stereocenters. The molecule has 2 aromatic rings. The molecule has 1 fully saturated rings. The number of anilines is 1. The van der Waals surface area contributed by atoms with E-state index in [-0.39, 0.29) is 0 Å².